The van der Waals surface area contributed by atoms with Crippen LogP contribution in [0.1, 0.15) is 15.2 Å². The van der Waals surface area contributed by atoms with Crippen molar-refractivity contribution >= 4 is 49.6 Å². The standard InChI is InChI=1S/C24H12F4N4O3S2/c25-16-7-6-13(24(26,27)28)10-14(16)21-29-19-15(12-4-2-1-3-5-12)11-36-20(19)22(30-21)31-23(33)17-8-9-18(37-17)32(34)35/h1-11H,(H,29,30,31,33). The number of alkyl halides is 3. The summed E-state index contributed by atoms with van der Waals surface area (Å²) in [5, 5.41) is 15.0. The third-order valence-corrected chi connectivity index (χ3v) is 7.27. The number of benzene rings is 2. The number of hydrogen-bond donors (Lipinski definition) is 1. The summed E-state index contributed by atoms with van der Waals surface area (Å²) in [7, 11) is 0. The summed E-state index contributed by atoms with van der Waals surface area (Å²) in [6.45, 7) is 0. The molecule has 0 saturated carbocycles. The van der Waals surface area contributed by atoms with Gasteiger partial charge in [-0.05, 0) is 29.8 Å². The molecule has 3 heterocycles. The number of fused-ring (bicyclic) bond motifs is 1. The van der Waals surface area contributed by atoms with E-state index in [2.05, 4.69) is 15.3 Å². The predicted octanol–water partition coefficient (Wildman–Crippen LogP) is 7.41. The molecule has 1 N–H and O–H groups in total. The zero-order chi connectivity index (χ0) is 26.3. The van der Waals surface area contributed by atoms with Crippen molar-refractivity contribution in [2.24, 2.45) is 0 Å². The number of nitrogens with one attached hydrogen (secondary N) is 1. The van der Waals surface area contributed by atoms with E-state index in [-0.39, 0.29) is 21.5 Å². The van der Waals surface area contributed by atoms with Crippen molar-refractivity contribution in [1.82, 2.24) is 9.97 Å². The zero-order valence-electron chi connectivity index (χ0n) is 18.2. The summed E-state index contributed by atoms with van der Waals surface area (Å²) >= 11 is 1.83. The first-order valence-electron chi connectivity index (χ1n) is 10.4. The fourth-order valence-electron chi connectivity index (χ4n) is 3.54. The number of thiophene rings is 2. The smallest absolute Gasteiger partial charge is 0.305 e. The Labute approximate surface area is 213 Å². The van der Waals surface area contributed by atoms with Crippen LogP contribution in [-0.2, 0) is 6.18 Å². The van der Waals surface area contributed by atoms with Crippen molar-refractivity contribution in [2.75, 3.05) is 5.32 Å². The van der Waals surface area contributed by atoms with Crippen molar-refractivity contribution in [3.8, 4) is 22.5 Å². The van der Waals surface area contributed by atoms with Crippen LogP contribution < -0.4 is 5.32 Å². The molecule has 0 atom stereocenters. The van der Waals surface area contributed by atoms with E-state index in [0.29, 0.717) is 45.3 Å². The molecule has 5 aromatic rings. The second-order valence-corrected chi connectivity index (χ2v) is 9.57. The largest absolute Gasteiger partial charge is 0.416 e. The number of carbonyl (C=O) groups is 1. The van der Waals surface area contributed by atoms with E-state index in [9.17, 15) is 32.5 Å². The number of hydrogen-bond acceptors (Lipinski definition) is 7. The summed E-state index contributed by atoms with van der Waals surface area (Å²) in [6.07, 6.45) is -4.73. The maximum Gasteiger partial charge on any atom is 0.416 e. The quantitative estimate of drug-likeness (QED) is 0.141. The molecule has 0 aliphatic rings. The number of halogens is 4. The van der Waals surface area contributed by atoms with Gasteiger partial charge in [0.15, 0.2) is 11.6 Å². The Morgan fingerprint density at radius 3 is 2.43 bits per heavy atom. The Hall–Kier alpha value is -4.23. The predicted molar refractivity (Wildman–Crippen MR) is 132 cm³/mol. The first kappa shape index (κ1) is 24.5. The molecule has 0 aliphatic carbocycles. The molecule has 0 saturated heterocycles. The molecule has 5 rings (SSSR count). The highest BCUT2D eigenvalue weighted by Crippen LogP contribution is 2.39. The average Bonchev–Trinajstić information content (AvgIpc) is 3.52. The maximum atomic E-state index is 14.7. The SMILES string of the molecule is O=C(Nc1nc(-c2cc(C(F)(F)F)ccc2F)nc2c(-c3ccccc3)csc12)c1ccc([N+](=O)[O-])s1. The minimum absolute atomic E-state index is 0.0186. The Bertz CT molecular complexity index is 1670. The highest BCUT2D eigenvalue weighted by Gasteiger charge is 2.32. The lowest BCUT2D eigenvalue weighted by molar-refractivity contribution is -0.380. The van der Waals surface area contributed by atoms with E-state index >= 15 is 0 Å². The Balaban J connectivity index is 1.68. The van der Waals surface area contributed by atoms with Gasteiger partial charge < -0.3 is 5.32 Å². The van der Waals surface area contributed by atoms with E-state index in [1.165, 1.54) is 23.5 Å². The van der Waals surface area contributed by atoms with E-state index < -0.39 is 34.0 Å². The van der Waals surface area contributed by atoms with Gasteiger partial charge in [-0.1, -0.05) is 41.7 Å². The van der Waals surface area contributed by atoms with Gasteiger partial charge in [-0.15, -0.1) is 11.3 Å². The lowest BCUT2D eigenvalue weighted by atomic mass is 10.1. The van der Waals surface area contributed by atoms with Crippen molar-refractivity contribution in [2.45, 2.75) is 6.18 Å². The minimum atomic E-state index is -4.73. The molecule has 2 aromatic carbocycles. The van der Waals surface area contributed by atoms with Gasteiger partial charge in [-0.3, -0.25) is 14.9 Å². The summed E-state index contributed by atoms with van der Waals surface area (Å²) < 4.78 is 55.1. The molecular weight excluding hydrogens is 532 g/mol. The van der Waals surface area contributed by atoms with Crippen LogP contribution in [-0.4, -0.2) is 20.8 Å². The first-order chi connectivity index (χ1) is 17.6. The summed E-state index contributed by atoms with van der Waals surface area (Å²) in [6, 6.07) is 13.4. The molecule has 0 spiro atoms. The molecule has 186 valence electrons. The van der Waals surface area contributed by atoms with Gasteiger partial charge in [0.25, 0.3) is 5.91 Å². The number of nitro groups is 1. The molecule has 0 radical (unpaired) electrons. The molecule has 7 nitrogen and oxygen atoms in total. The third-order valence-electron chi connectivity index (χ3n) is 5.26. The lowest BCUT2D eigenvalue weighted by Gasteiger charge is -2.11. The van der Waals surface area contributed by atoms with E-state index in [1.807, 2.05) is 6.07 Å². The van der Waals surface area contributed by atoms with Gasteiger partial charge in [-0.25, -0.2) is 14.4 Å². The molecule has 1 amide bonds. The molecule has 13 heteroatoms. The van der Waals surface area contributed by atoms with E-state index in [0.717, 1.165) is 5.56 Å². The van der Waals surface area contributed by atoms with Gasteiger partial charge in [-0.2, -0.15) is 13.2 Å². The summed E-state index contributed by atoms with van der Waals surface area (Å²) in [5.41, 5.74) is 0.0697. The minimum Gasteiger partial charge on any atom is -0.305 e. The monoisotopic (exact) mass is 544 g/mol. The molecule has 0 aliphatic heterocycles. The van der Waals surface area contributed by atoms with E-state index in [1.54, 1.807) is 29.6 Å². The molecule has 0 fully saturated rings. The van der Waals surface area contributed by atoms with Crippen LogP contribution in [0.3, 0.4) is 0 Å². The topological polar surface area (TPSA) is 98.0 Å². The highest BCUT2D eigenvalue weighted by molar-refractivity contribution is 7.18. The maximum absolute atomic E-state index is 14.7. The summed E-state index contributed by atoms with van der Waals surface area (Å²) in [4.78, 5) is 31.8. The number of aromatic nitrogens is 2. The zero-order valence-corrected chi connectivity index (χ0v) is 19.9. The Kier molecular flexibility index (Phi) is 6.17. The van der Waals surface area contributed by atoms with Gasteiger partial charge >= 0.3 is 11.2 Å². The number of rotatable bonds is 5. The average molecular weight is 545 g/mol. The van der Waals surface area contributed by atoms with Crippen LogP contribution in [0.25, 0.3) is 32.7 Å². The second kappa shape index (κ2) is 9.33. The van der Waals surface area contributed by atoms with Crippen molar-refractivity contribution in [1.29, 1.82) is 0 Å². The Morgan fingerprint density at radius 2 is 1.76 bits per heavy atom. The van der Waals surface area contributed by atoms with Crippen LogP contribution in [0, 0.1) is 15.9 Å². The normalized spacial score (nSPS) is 11.6. The highest BCUT2D eigenvalue weighted by atomic mass is 32.1. The van der Waals surface area contributed by atoms with Gasteiger partial charge in [0.2, 0.25) is 0 Å². The molecular formula is C24H12F4N4O3S2. The van der Waals surface area contributed by atoms with Crippen LogP contribution in [0.5, 0.6) is 0 Å². The molecule has 37 heavy (non-hydrogen) atoms. The van der Waals surface area contributed by atoms with Crippen molar-refractivity contribution in [3.05, 3.63) is 92.4 Å². The van der Waals surface area contributed by atoms with Gasteiger partial charge in [0, 0.05) is 17.0 Å². The van der Waals surface area contributed by atoms with Crippen LogP contribution >= 0.6 is 22.7 Å². The number of nitrogens with zero attached hydrogens (tertiary/aromatic N) is 3. The Morgan fingerprint density at radius 1 is 1.00 bits per heavy atom. The van der Waals surface area contributed by atoms with Crippen LogP contribution in [0.15, 0.2) is 66.0 Å². The molecule has 3 aromatic heterocycles. The lowest BCUT2D eigenvalue weighted by Crippen LogP contribution is -2.12. The van der Waals surface area contributed by atoms with Crippen LogP contribution in [0.4, 0.5) is 28.4 Å². The number of amides is 1. The fourth-order valence-corrected chi connectivity index (χ4v) is 5.21. The van der Waals surface area contributed by atoms with E-state index in [4.69, 9.17) is 0 Å². The van der Waals surface area contributed by atoms with Crippen molar-refractivity contribution < 1.29 is 27.3 Å². The van der Waals surface area contributed by atoms with Gasteiger partial charge in [0.1, 0.15) is 5.82 Å². The third kappa shape index (κ3) is 4.78. The van der Waals surface area contributed by atoms with Crippen molar-refractivity contribution in [3.63, 3.8) is 0 Å². The number of anilines is 1. The first-order valence-corrected chi connectivity index (χ1v) is 12.1. The number of carbonyl (C=O) groups excluding carboxylic acids is 1. The molecule has 0 unspecified atom stereocenters. The summed E-state index contributed by atoms with van der Waals surface area (Å²) in [5.74, 6) is -2.12. The second-order valence-electron chi connectivity index (χ2n) is 7.63. The molecule has 0 bridgehead atoms. The fraction of sp³-hybridized carbons (Fsp3) is 0.0417. The van der Waals surface area contributed by atoms with Crippen LogP contribution in [0.2, 0.25) is 0 Å². The van der Waals surface area contributed by atoms with Gasteiger partial charge in [0.05, 0.1) is 31.1 Å².